The lowest BCUT2D eigenvalue weighted by Crippen LogP contribution is -2.29. The minimum Gasteiger partial charge on any atom is -0.379 e. The summed E-state index contributed by atoms with van der Waals surface area (Å²) < 4.78 is 1.83. The molecule has 0 atom stereocenters. The summed E-state index contributed by atoms with van der Waals surface area (Å²) in [6.07, 6.45) is 8.39. The van der Waals surface area contributed by atoms with Gasteiger partial charge in [0.15, 0.2) is 4.96 Å². The van der Waals surface area contributed by atoms with Gasteiger partial charge in [-0.05, 0) is 69.2 Å². The molecule has 0 saturated carbocycles. The maximum Gasteiger partial charge on any atom is 0.259 e. The lowest BCUT2D eigenvalue weighted by Gasteiger charge is -2.28. The Morgan fingerprint density at radius 1 is 1.00 bits per heavy atom. The quantitative estimate of drug-likeness (QED) is 0.719. The first kappa shape index (κ1) is 17.7. The second-order valence-corrected chi connectivity index (χ2v) is 8.89. The summed E-state index contributed by atoms with van der Waals surface area (Å²) in [5.74, 6) is 0. The normalized spacial score (nSPS) is 16.9. The lowest BCUT2D eigenvalue weighted by molar-refractivity contribution is 0.578. The largest absolute Gasteiger partial charge is 0.379 e. The van der Waals surface area contributed by atoms with Crippen LogP contribution >= 0.6 is 11.3 Å². The molecule has 0 bridgehead atoms. The number of aryl methyl sites for hydroxylation is 2. The number of piperidine rings is 1. The third-order valence-electron chi connectivity index (χ3n) is 5.88. The Hall–Kier alpha value is -2.34. The number of thiazole rings is 1. The summed E-state index contributed by atoms with van der Waals surface area (Å²) in [6, 6.07) is 10.3. The van der Waals surface area contributed by atoms with Crippen LogP contribution in [0.15, 0.2) is 35.1 Å². The van der Waals surface area contributed by atoms with Crippen molar-refractivity contribution in [2.45, 2.75) is 51.5 Å². The van der Waals surface area contributed by atoms with Gasteiger partial charge in [-0.25, -0.2) is 4.98 Å². The van der Waals surface area contributed by atoms with Crippen LogP contribution in [0.3, 0.4) is 0 Å². The van der Waals surface area contributed by atoms with E-state index >= 15 is 0 Å². The van der Waals surface area contributed by atoms with Crippen LogP contribution in [0.1, 0.15) is 48.4 Å². The summed E-state index contributed by atoms with van der Waals surface area (Å²) in [7, 11) is 0. The average Bonchev–Trinajstić information content (AvgIpc) is 3.12. The van der Waals surface area contributed by atoms with E-state index in [4.69, 9.17) is 4.98 Å². The topological polar surface area (TPSA) is 49.6 Å². The van der Waals surface area contributed by atoms with Gasteiger partial charge in [-0.2, -0.15) is 0 Å². The Bertz CT molecular complexity index is 1030. The average molecular weight is 395 g/mol. The van der Waals surface area contributed by atoms with E-state index in [0.29, 0.717) is 6.54 Å². The van der Waals surface area contributed by atoms with Crippen LogP contribution in [0, 0.1) is 0 Å². The van der Waals surface area contributed by atoms with E-state index in [0.717, 1.165) is 42.3 Å². The Balaban J connectivity index is 1.31. The van der Waals surface area contributed by atoms with E-state index in [1.54, 1.807) is 17.4 Å². The van der Waals surface area contributed by atoms with Gasteiger partial charge in [0.1, 0.15) is 0 Å². The number of hydrogen-bond acceptors (Lipinski definition) is 5. The molecule has 1 aliphatic carbocycles. The zero-order valence-electron chi connectivity index (χ0n) is 16.1. The SMILES string of the molecule is O=c1cc(CNc2ccc(N3CCCCC3)cc2)nc2sc3c(n12)CCCC3. The summed E-state index contributed by atoms with van der Waals surface area (Å²) in [6.45, 7) is 2.88. The first-order valence-corrected chi connectivity index (χ1v) is 11.2. The number of benzene rings is 1. The summed E-state index contributed by atoms with van der Waals surface area (Å²) in [5, 5.41) is 3.42. The molecule has 2 aromatic heterocycles. The summed E-state index contributed by atoms with van der Waals surface area (Å²) in [5.41, 5.74) is 4.42. The molecule has 146 valence electrons. The Kier molecular flexibility index (Phi) is 4.81. The van der Waals surface area contributed by atoms with Crippen molar-refractivity contribution < 1.29 is 0 Å². The van der Waals surface area contributed by atoms with Crippen molar-refractivity contribution in [1.82, 2.24) is 9.38 Å². The predicted molar refractivity (Wildman–Crippen MR) is 116 cm³/mol. The van der Waals surface area contributed by atoms with Gasteiger partial charge < -0.3 is 10.2 Å². The molecule has 0 radical (unpaired) electrons. The van der Waals surface area contributed by atoms with Crippen molar-refractivity contribution in [2.24, 2.45) is 0 Å². The first-order chi connectivity index (χ1) is 13.8. The molecule has 0 amide bonds. The lowest BCUT2D eigenvalue weighted by atomic mass is 10.0. The molecular weight excluding hydrogens is 368 g/mol. The van der Waals surface area contributed by atoms with Gasteiger partial charge in [-0.3, -0.25) is 9.20 Å². The van der Waals surface area contributed by atoms with Crippen LogP contribution in [0.25, 0.3) is 4.96 Å². The molecular formula is C22H26N4OS. The fraction of sp³-hybridized carbons (Fsp3) is 0.455. The van der Waals surface area contributed by atoms with Crippen LogP contribution in [0.2, 0.25) is 0 Å². The van der Waals surface area contributed by atoms with E-state index in [1.807, 2.05) is 4.40 Å². The molecule has 0 unspecified atom stereocenters. The highest BCUT2D eigenvalue weighted by Gasteiger charge is 2.18. The number of hydrogen-bond donors (Lipinski definition) is 1. The van der Waals surface area contributed by atoms with E-state index < -0.39 is 0 Å². The molecule has 5 rings (SSSR count). The molecule has 1 saturated heterocycles. The van der Waals surface area contributed by atoms with E-state index in [2.05, 4.69) is 34.5 Å². The van der Waals surface area contributed by atoms with E-state index in [1.165, 1.54) is 48.4 Å². The number of anilines is 2. The minimum absolute atomic E-state index is 0.0571. The monoisotopic (exact) mass is 394 g/mol. The molecule has 6 heteroatoms. The number of rotatable bonds is 4. The number of fused-ring (bicyclic) bond motifs is 3. The number of nitrogens with zero attached hydrogens (tertiary/aromatic N) is 3. The Morgan fingerprint density at radius 2 is 1.79 bits per heavy atom. The van der Waals surface area contributed by atoms with Crippen molar-refractivity contribution in [2.75, 3.05) is 23.3 Å². The Morgan fingerprint density at radius 3 is 2.61 bits per heavy atom. The van der Waals surface area contributed by atoms with Crippen molar-refractivity contribution in [3.8, 4) is 0 Å². The van der Waals surface area contributed by atoms with Gasteiger partial charge in [-0.1, -0.05) is 0 Å². The molecule has 1 fully saturated rings. The zero-order valence-corrected chi connectivity index (χ0v) is 16.9. The van der Waals surface area contributed by atoms with Crippen LogP contribution in [-0.4, -0.2) is 22.5 Å². The third-order valence-corrected chi connectivity index (χ3v) is 7.02. The maximum absolute atomic E-state index is 12.7. The number of nitrogens with one attached hydrogen (secondary N) is 1. The first-order valence-electron chi connectivity index (χ1n) is 10.4. The van der Waals surface area contributed by atoms with Gasteiger partial charge >= 0.3 is 0 Å². The van der Waals surface area contributed by atoms with Crippen LogP contribution in [0.4, 0.5) is 11.4 Å². The molecule has 5 nitrogen and oxygen atoms in total. The molecule has 28 heavy (non-hydrogen) atoms. The molecule has 2 aliphatic rings. The van der Waals surface area contributed by atoms with Gasteiger partial charge in [0.25, 0.3) is 5.56 Å². The molecule has 1 N–H and O–H groups in total. The highest BCUT2D eigenvalue weighted by molar-refractivity contribution is 7.17. The Labute approximate surface area is 169 Å². The molecule has 3 aromatic rings. The van der Waals surface area contributed by atoms with Crippen LogP contribution < -0.4 is 15.8 Å². The summed E-state index contributed by atoms with van der Waals surface area (Å²) >= 11 is 1.69. The standard InChI is InChI=1S/C22H26N4OS/c27-21-14-17(24-22-26(21)19-6-2-3-7-20(19)28-22)15-23-16-8-10-18(11-9-16)25-12-4-1-5-13-25/h8-11,14,23H,1-7,12-13,15H2. The zero-order chi connectivity index (χ0) is 18.9. The fourth-order valence-corrected chi connectivity index (χ4v) is 5.60. The van der Waals surface area contributed by atoms with Gasteiger partial charge in [-0.15, -0.1) is 11.3 Å². The predicted octanol–water partition coefficient (Wildman–Crippen LogP) is 4.24. The second-order valence-electron chi connectivity index (χ2n) is 7.83. The highest BCUT2D eigenvalue weighted by Crippen LogP contribution is 2.28. The molecule has 0 spiro atoms. The van der Waals surface area contributed by atoms with Crippen molar-refractivity contribution >= 4 is 27.7 Å². The number of aromatic nitrogens is 2. The third kappa shape index (κ3) is 3.41. The van der Waals surface area contributed by atoms with Crippen molar-refractivity contribution in [3.63, 3.8) is 0 Å². The molecule has 3 heterocycles. The van der Waals surface area contributed by atoms with Gasteiger partial charge in [0, 0.05) is 41.1 Å². The fourth-order valence-electron chi connectivity index (χ4n) is 4.37. The smallest absolute Gasteiger partial charge is 0.259 e. The van der Waals surface area contributed by atoms with Gasteiger partial charge in [0.2, 0.25) is 0 Å². The second kappa shape index (κ2) is 7.59. The van der Waals surface area contributed by atoms with Crippen LogP contribution in [-0.2, 0) is 19.4 Å². The van der Waals surface area contributed by atoms with Crippen molar-refractivity contribution in [3.05, 3.63) is 57.0 Å². The van der Waals surface area contributed by atoms with Crippen LogP contribution in [0.5, 0.6) is 0 Å². The minimum atomic E-state index is 0.0571. The van der Waals surface area contributed by atoms with E-state index in [9.17, 15) is 4.79 Å². The van der Waals surface area contributed by atoms with Gasteiger partial charge in [0.05, 0.1) is 12.2 Å². The maximum atomic E-state index is 12.7. The highest BCUT2D eigenvalue weighted by atomic mass is 32.1. The van der Waals surface area contributed by atoms with E-state index in [-0.39, 0.29) is 5.56 Å². The molecule has 1 aromatic carbocycles. The molecule has 1 aliphatic heterocycles. The van der Waals surface area contributed by atoms with Crippen molar-refractivity contribution in [1.29, 1.82) is 0 Å². The summed E-state index contributed by atoms with van der Waals surface area (Å²) in [4.78, 5) is 22.1.